The minimum Gasteiger partial charge on any atom is -0.495 e. The van der Waals surface area contributed by atoms with Crippen LogP contribution in [0.25, 0.3) is 0 Å². The molecule has 2 aromatic rings. The third kappa shape index (κ3) is 4.42. The average molecular weight is 388 g/mol. The number of rotatable bonds is 7. The number of sulfonamides is 1. The van der Waals surface area contributed by atoms with Crippen molar-refractivity contribution < 1.29 is 17.9 Å². The third-order valence-corrected chi connectivity index (χ3v) is 6.22. The first-order valence-corrected chi connectivity index (χ1v) is 10.3. The molecular weight excluding hydrogens is 364 g/mol. The second-order valence-electron chi connectivity index (χ2n) is 6.84. The van der Waals surface area contributed by atoms with Crippen LogP contribution < -0.4 is 14.4 Å². The molecule has 1 amide bonds. The van der Waals surface area contributed by atoms with Gasteiger partial charge in [0.15, 0.2) is 0 Å². The normalized spacial score (nSPS) is 13.9. The van der Waals surface area contributed by atoms with Crippen LogP contribution in [0.1, 0.15) is 24.0 Å². The van der Waals surface area contributed by atoms with Crippen LogP contribution >= 0.6 is 0 Å². The zero-order valence-corrected chi connectivity index (χ0v) is 16.5. The van der Waals surface area contributed by atoms with Crippen molar-refractivity contribution in [2.75, 3.05) is 18.0 Å². The molecule has 0 saturated heterocycles. The van der Waals surface area contributed by atoms with Gasteiger partial charge in [0.1, 0.15) is 12.3 Å². The number of aryl methyl sites for hydroxylation is 2. The van der Waals surface area contributed by atoms with E-state index in [9.17, 15) is 13.2 Å². The molecule has 2 aromatic carbocycles. The van der Waals surface area contributed by atoms with Gasteiger partial charge in [0.2, 0.25) is 5.91 Å². The minimum atomic E-state index is -3.94. The first kappa shape index (κ1) is 19.2. The fourth-order valence-electron chi connectivity index (χ4n) is 2.76. The molecule has 3 rings (SSSR count). The van der Waals surface area contributed by atoms with E-state index in [1.165, 1.54) is 7.11 Å². The Balaban J connectivity index is 2.05. The largest absolute Gasteiger partial charge is 0.495 e. The smallest absolute Gasteiger partial charge is 0.264 e. The van der Waals surface area contributed by atoms with E-state index in [1.807, 2.05) is 19.9 Å². The molecule has 1 fully saturated rings. The zero-order chi connectivity index (χ0) is 19.6. The molecule has 0 bridgehead atoms. The molecule has 7 heteroatoms. The van der Waals surface area contributed by atoms with Crippen LogP contribution in [0.15, 0.2) is 47.4 Å². The van der Waals surface area contributed by atoms with Gasteiger partial charge in [-0.1, -0.05) is 23.8 Å². The standard InChI is InChI=1S/C20H24N2O4S/c1-14-4-9-17(10-5-14)27(24,25)22(13-20(23)21-16-7-8-16)18-12-15(2)6-11-19(18)26-3/h4-6,9-12,16H,7-8,13H2,1-3H3,(H,21,23). The summed E-state index contributed by atoms with van der Waals surface area (Å²) in [5.74, 6) is 0.0762. The Morgan fingerprint density at radius 2 is 1.74 bits per heavy atom. The van der Waals surface area contributed by atoms with Crippen molar-refractivity contribution in [3.63, 3.8) is 0 Å². The lowest BCUT2D eigenvalue weighted by atomic mass is 10.2. The Hall–Kier alpha value is -2.54. The summed E-state index contributed by atoms with van der Waals surface area (Å²) in [4.78, 5) is 12.6. The minimum absolute atomic E-state index is 0.135. The van der Waals surface area contributed by atoms with Gasteiger partial charge in [-0.3, -0.25) is 9.10 Å². The number of benzene rings is 2. The van der Waals surface area contributed by atoms with Crippen molar-refractivity contribution in [2.45, 2.75) is 37.6 Å². The topological polar surface area (TPSA) is 75.7 Å². The van der Waals surface area contributed by atoms with E-state index < -0.39 is 10.0 Å². The highest BCUT2D eigenvalue weighted by Crippen LogP contribution is 2.33. The van der Waals surface area contributed by atoms with Crippen LogP contribution in [0.4, 0.5) is 5.69 Å². The number of anilines is 1. The summed E-state index contributed by atoms with van der Waals surface area (Å²) < 4.78 is 33.2. The molecule has 0 spiro atoms. The molecule has 0 aliphatic heterocycles. The molecule has 0 aromatic heterocycles. The van der Waals surface area contributed by atoms with Gasteiger partial charge < -0.3 is 10.1 Å². The molecule has 0 radical (unpaired) electrons. The molecule has 0 heterocycles. The van der Waals surface area contributed by atoms with Gasteiger partial charge in [-0.2, -0.15) is 0 Å². The van der Waals surface area contributed by atoms with E-state index in [-0.39, 0.29) is 23.4 Å². The number of nitrogens with zero attached hydrogens (tertiary/aromatic N) is 1. The Bertz CT molecular complexity index is 935. The lowest BCUT2D eigenvalue weighted by Gasteiger charge is -2.26. The summed E-state index contributed by atoms with van der Waals surface area (Å²) >= 11 is 0. The van der Waals surface area contributed by atoms with Gasteiger partial charge in [0.05, 0.1) is 17.7 Å². The lowest BCUT2D eigenvalue weighted by Crippen LogP contribution is -2.41. The predicted molar refractivity (Wildman–Crippen MR) is 105 cm³/mol. The quantitative estimate of drug-likeness (QED) is 0.791. The molecule has 0 unspecified atom stereocenters. The van der Waals surface area contributed by atoms with Gasteiger partial charge in [0.25, 0.3) is 10.0 Å². The number of hydrogen-bond donors (Lipinski definition) is 1. The summed E-state index contributed by atoms with van der Waals surface area (Å²) in [5, 5.41) is 2.85. The zero-order valence-electron chi connectivity index (χ0n) is 15.7. The van der Waals surface area contributed by atoms with Crippen LogP contribution in [0.3, 0.4) is 0 Å². The lowest BCUT2D eigenvalue weighted by molar-refractivity contribution is -0.119. The molecule has 1 N–H and O–H groups in total. The summed E-state index contributed by atoms with van der Waals surface area (Å²) in [6.07, 6.45) is 1.87. The van der Waals surface area contributed by atoms with E-state index in [4.69, 9.17) is 4.74 Å². The SMILES string of the molecule is COc1ccc(C)cc1N(CC(=O)NC1CC1)S(=O)(=O)c1ccc(C)cc1. The monoisotopic (exact) mass is 388 g/mol. The number of carbonyl (C=O) groups excluding carboxylic acids is 1. The van der Waals surface area contributed by atoms with Crippen molar-refractivity contribution in [3.05, 3.63) is 53.6 Å². The predicted octanol–water partition coefficient (Wildman–Crippen LogP) is 2.79. The Morgan fingerprint density at radius 3 is 2.33 bits per heavy atom. The number of carbonyl (C=O) groups is 1. The molecule has 6 nitrogen and oxygen atoms in total. The molecule has 144 valence electrons. The van der Waals surface area contributed by atoms with Gasteiger partial charge in [-0.25, -0.2) is 8.42 Å². The van der Waals surface area contributed by atoms with Crippen LogP contribution in [0.2, 0.25) is 0 Å². The Morgan fingerprint density at radius 1 is 1.11 bits per heavy atom. The molecule has 27 heavy (non-hydrogen) atoms. The molecule has 1 aliphatic carbocycles. The second kappa shape index (κ2) is 7.60. The third-order valence-electron chi connectivity index (χ3n) is 4.44. The molecule has 1 saturated carbocycles. The maximum atomic E-state index is 13.4. The average Bonchev–Trinajstić information content (AvgIpc) is 3.44. The maximum Gasteiger partial charge on any atom is 0.264 e. The van der Waals surface area contributed by atoms with Gasteiger partial charge in [-0.05, 0) is 56.5 Å². The summed E-state index contributed by atoms with van der Waals surface area (Å²) in [5.41, 5.74) is 2.18. The highest BCUT2D eigenvalue weighted by Gasteiger charge is 2.31. The van der Waals surface area contributed by atoms with Gasteiger partial charge in [-0.15, -0.1) is 0 Å². The van der Waals surface area contributed by atoms with Crippen molar-refractivity contribution in [2.24, 2.45) is 0 Å². The fourth-order valence-corrected chi connectivity index (χ4v) is 4.19. The van der Waals surface area contributed by atoms with Crippen molar-refractivity contribution in [1.29, 1.82) is 0 Å². The van der Waals surface area contributed by atoms with Crippen molar-refractivity contribution in [1.82, 2.24) is 5.32 Å². The Kier molecular flexibility index (Phi) is 5.41. The molecule has 0 atom stereocenters. The fraction of sp³-hybridized carbons (Fsp3) is 0.350. The first-order chi connectivity index (χ1) is 12.8. The van der Waals surface area contributed by atoms with Crippen LogP contribution in [-0.4, -0.2) is 34.0 Å². The number of methoxy groups -OCH3 is 1. The van der Waals surface area contributed by atoms with E-state index >= 15 is 0 Å². The first-order valence-electron chi connectivity index (χ1n) is 8.84. The van der Waals surface area contributed by atoms with Gasteiger partial charge in [0, 0.05) is 6.04 Å². The van der Waals surface area contributed by atoms with Crippen molar-refractivity contribution >= 4 is 21.6 Å². The van der Waals surface area contributed by atoms with Crippen LogP contribution in [0.5, 0.6) is 5.75 Å². The second-order valence-corrected chi connectivity index (χ2v) is 8.70. The highest BCUT2D eigenvalue weighted by molar-refractivity contribution is 7.92. The number of amides is 1. The van der Waals surface area contributed by atoms with E-state index in [0.29, 0.717) is 11.4 Å². The molecule has 1 aliphatic rings. The highest BCUT2D eigenvalue weighted by atomic mass is 32.2. The van der Waals surface area contributed by atoms with Crippen LogP contribution in [-0.2, 0) is 14.8 Å². The number of nitrogens with one attached hydrogen (secondary N) is 1. The van der Waals surface area contributed by atoms with E-state index in [1.54, 1.807) is 36.4 Å². The molecular formula is C20H24N2O4S. The summed E-state index contributed by atoms with van der Waals surface area (Å²) in [7, 11) is -2.46. The summed E-state index contributed by atoms with van der Waals surface area (Å²) in [6, 6.07) is 12.0. The maximum absolute atomic E-state index is 13.4. The number of hydrogen-bond acceptors (Lipinski definition) is 4. The Labute approximate surface area is 160 Å². The van der Waals surface area contributed by atoms with Crippen LogP contribution in [0, 0.1) is 13.8 Å². The van der Waals surface area contributed by atoms with E-state index in [0.717, 1.165) is 28.3 Å². The van der Waals surface area contributed by atoms with Gasteiger partial charge >= 0.3 is 0 Å². The summed E-state index contributed by atoms with van der Waals surface area (Å²) in [6.45, 7) is 3.46. The van der Waals surface area contributed by atoms with Crippen molar-refractivity contribution in [3.8, 4) is 5.75 Å². The number of ether oxygens (including phenoxy) is 1. The van der Waals surface area contributed by atoms with E-state index in [2.05, 4.69) is 5.32 Å².